The third-order valence-corrected chi connectivity index (χ3v) is 1.70. The van der Waals surface area contributed by atoms with Crippen molar-refractivity contribution in [2.24, 2.45) is 0 Å². The van der Waals surface area contributed by atoms with Crippen molar-refractivity contribution < 1.29 is 24.2 Å². The van der Waals surface area contributed by atoms with Crippen LogP contribution in [-0.4, -0.2) is 22.5 Å². The van der Waals surface area contributed by atoms with Crippen molar-refractivity contribution in [3.8, 4) is 5.75 Å². The number of carboxylic acid groups (broad SMARTS) is 1. The van der Waals surface area contributed by atoms with E-state index in [1.807, 2.05) is 0 Å². The number of halogens is 1. The summed E-state index contributed by atoms with van der Waals surface area (Å²) in [6, 6.07) is 2.33. The number of benzene rings is 1. The van der Waals surface area contributed by atoms with Gasteiger partial charge in [-0.3, -0.25) is 9.59 Å². The van der Waals surface area contributed by atoms with Gasteiger partial charge in [-0.2, -0.15) is 0 Å². The fraction of sp³-hybridized carbons (Fsp3) is 0.111. The number of carboxylic acids is 1. The van der Waals surface area contributed by atoms with Crippen LogP contribution < -0.4 is 0 Å². The highest BCUT2D eigenvalue weighted by atomic mass is 19.1. The molecule has 4 nitrogen and oxygen atoms in total. The Labute approximate surface area is 78.6 Å². The van der Waals surface area contributed by atoms with Crippen molar-refractivity contribution in [3.05, 3.63) is 29.1 Å². The Morgan fingerprint density at radius 2 is 2.14 bits per heavy atom. The zero-order valence-electron chi connectivity index (χ0n) is 7.03. The van der Waals surface area contributed by atoms with Gasteiger partial charge in [0, 0.05) is 5.56 Å². The molecule has 2 N–H and O–H groups in total. The van der Waals surface area contributed by atoms with Gasteiger partial charge in [0.1, 0.15) is 0 Å². The lowest BCUT2D eigenvalue weighted by molar-refractivity contribution is -0.136. The number of carbonyl (C=O) groups excluding carboxylic acids is 1. The molecule has 5 heteroatoms. The Morgan fingerprint density at radius 1 is 1.50 bits per heavy atom. The number of hydrogen-bond donors (Lipinski definition) is 2. The van der Waals surface area contributed by atoms with Crippen LogP contribution in [0.3, 0.4) is 0 Å². The molecule has 0 amide bonds. The molecule has 0 fully saturated rings. The molecule has 0 saturated carbocycles. The lowest BCUT2D eigenvalue weighted by atomic mass is 10.1. The number of aldehydes is 1. The van der Waals surface area contributed by atoms with Crippen molar-refractivity contribution in [2.45, 2.75) is 6.42 Å². The summed E-state index contributed by atoms with van der Waals surface area (Å²) in [7, 11) is 0. The second kappa shape index (κ2) is 3.87. The van der Waals surface area contributed by atoms with Gasteiger partial charge in [-0.05, 0) is 6.07 Å². The molecule has 0 aromatic heterocycles. The maximum atomic E-state index is 13.1. The number of aromatic hydroxyl groups is 1. The van der Waals surface area contributed by atoms with Crippen LogP contribution >= 0.6 is 0 Å². The highest BCUT2D eigenvalue weighted by Gasteiger charge is 2.13. The van der Waals surface area contributed by atoms with Crippen molar-refractivity contribution in [1.29, 1.82) is 0 Å². The maximum absolute atomic E-state index is 13.1. The zero-order chi connectivity index (χ0) is 10.7. The Hall–Kier alpha value is -1.91. The first-order chi connectivity index (χ1) is 6.56. The molecule has 0 aliphatic heterocycles. The monoisotopic (exact) mass is 198 g/mol. The minimum absolute atomic E-state index is 0.152. The van der Waals surface area contributed by atoms with Crippen molar-refractivity contribution in [3.63, 3.8) is 0 Å². The van der Waals surface area contributed by atoms with E-state index in [0.29, 0.717) is 6.29 Å². The van der Waals surface area contributed by atoms with Gasteiger partial charge >= 0.3 is 5.97 Å². The SMILES string of the molecule is O=Cc1ccc(CC(=O)O)c(F)c1O. The van der Waals surface area contributed by atoms with E-state index in [0.717, 1.165) is 6.07 Å². The molecular formula is C9H7FO4. The molecule has 0 aliphatic rings. The summed E-state index contributed by atoms with van der Waals surface area (Å²) in [5.74, 6) is -3.07. The van der Waals surface area contributed by atoms with E-state index in [-0.39, 0.29) is 11.1 Å². The summed E-state index contributed by atoms with van der Waals surface area (Å²) >= 11 is 0. The van der Waals surface area contributed by atoms with Gasteiger partial charge in [-0.1, -0.05) is 6.07 Å². The van der Waals surface area contributed by atoms with E-state index in [4.69, 9.17) is 10.2 Å². The van der Waals surface area contributed by atoms with E-state index >= 15 is 0 Å². The highest BCUT2D eigenvalue weighted by Crippen LogP contribution is 2.23. The Balaban J connectivity index is 3.16. The normalized spacial score (nSPS) is 9.79. The largest absolute Gasteiger partial charge is 0.504 e. The number of phenols is 1. The minimum Gasteiger partial charge on any atom is -0.504 e. The fourth-order valence-electron chi connectivity index (χ4n) is 1.02. The minimum atomic E-state index is -1.21. The molecule has 74 valence electrons. The molecule has 0 saturated heterocycles. The van der Waals surface area contributed by atoms with Crippen LogP contribution in [0, 0.1) is 5.82 Å². The lowest BCUT2D eigenvalue weighted by Gasteiger charge is -2.03. The molecule has 0 bridgehead atoms. The molecule has 1 aromatic carbocycles. The van der Waals surface area contributed by atoms with Gasteiger partial charge in [0.05, 0.1) is 12.0 Å². The van der Waals surface area contributed by atoms with E-state index in [9.17, 15) is 14.0 Å². The Kier molecular flexibility index (Phi) is 2.81. The predicted octanol–water partition coefficient (Wildman–Crippen LogP) is 0.971. The van der Waals surface area contributed by atoms with Crippen molar-refractivity contribution in [1.82, 2.24) is 0 Å². The molecule has 1 aromatic rings. The Morgan fingerprint density at radius 3 is 2.64 bits per heavy atom. The molecular weight excluding hydrogens is 191 g/mol. The maximum Gasteiger partial charge on any atom is 0.307 e. The summed E-state index contributed by atoms with van der Waals surface area (Å²) in [6.45, 7) is 0. The average Bonchev–Trinajstić information content (AvgIpc) is 2.13. The standard InChI is InChI=1S/C9H7FO4/c10-8-5(3-7(12)13)1-2-6(4-11)9(8)14/h1-2,4,14H,3H2,(H,12,13). The molecule has 0 aliphatic carbocycles. The first kappa shape index (κ1) is 10.2. The van der Waals surface area contributed by atoms with Crippen LogP contribution in [0.15, 0.2) is 12.1 Å². The van der Waals surface area contributed by atoms with Crippen LogP contribution in [0.4, 0.5) is 4.39 Å². The highest BCUT2D eigenvalue weighted by molar-refractivity contribution is 5.80. The molecule has 0 radical (unpaired) electrons. The fourth-order valence-corrected chi connectivity index (χ4v) is 1.02. The molecule has 0 spiro atoms. The predicted molar refractivity (Wildman–Crippen MR) is 44.8 cm³/mol. The van der Waals surface area contributed by atoms with Gasteiger partial charge < -0.3 is 10.2 Å². The molecule has 14 heavy (non-hydrogen) atoms. The topological polar surface area (TPSA) is 74.6 Å². The van der Waals surface area contributed by atoms with Gasteiger partial charge in [-0.25, -0.2) is 4.39 Å². The van der Waals surface area contributed by atoms with Crippen LogP contribution in [0.5, 0.6) is 5.75 Å². The first-order valence-electron chi connectivity index (χ1n) is 3.73. The second-order valence-corrected chi connectivity index (χ2v) is 2.66. The van der Waals surface area contributed by atoms with Crippen LogP contribution in [0.2, 0.25) is 0 Å². The van der Waals surface area contributed by atoms with Crippen LogP contribution in [0.1, 0.15) is 15.9 Å². The van der Waals surface area contributed by atoms with E-state index in [1.54, 1.807) is 0 Å². The summed E-state index contributed by atoms with van der Waals surface area (Å²) in [4.78, 5) is 20.5. The number of rotatable bonds is 3. The van der Waals surface area contributed by atoms with E-state index in [1.165, 1.54) is 6.07 Å². The van der Waals surface area contributed by atoms with Crippen molar-refractivity contribution >= 4 is 12.3 Å². The summed E-state index contributed by atoms with van der Waals surface area (Å²) in [5, 5.41) is 17.5. The summed E-state index contributed by atoms with van der Waals surface area (Å²) in [5.41, 5.74) is -0.350. The summed E-state index contributed by atoms with van der Waals surface area (Å²) < 4.78 is 13.1. The van der Waals surface area contributed by atoms with E-state index < -0.39 is 24.0 Å². The third-order valence-electron chi connectivity index (χ3n) is 1.70. The van der Waals surface area contributed by atoms with Crippen LogP contribution in [-0.2, 0) is 11.2 Å². The lowest BCUT2D eigenvalue weighted by Crippen LogP contribution is -2.03. The van der Waals surface area contributed by atoms with Gasteiger partial charge in [0.2, 0.25) is 0 Å². The summed E-state index contributed by atoms with van der Waals surface area (Å²) in [6.07, 6.45) is -0.235. The van der Waals surface area contributed by atoms with Crippen molar-refractivity contribution in [2.75, 3.05) is 0 Å². The molecule has 0 unspecified atom stereocenters. The average molecular weight is 198 g/mol. The molecule has 0 heterocycles. The number of phenolic OH excluding ortho intramolecular Hbond substituents is 1. The van der Waals surface area contributed by atoms with E-state index in [2.05, 4.69) is 0 Å². The van der Waals surface area contributed by atoms with Crippen LogP contribution in [0.25, 0.3) is 0 Å². The number of carbonyl (C=O) groups is 2. The van der Waals surface area contributed by atoms with Gasteiger partial charge in [0.15, 0.2) is 17.9 Å². The quantitative estimate of drug-likeness (QED) is 0.709. The third kappa shape index (κ3) is 1.87. The number of hydrogen-bond acceptors (Lipinski definition) is 3. The molecule has 1 rings (SSSR count). The smallest absolute Gasteiger partial charge is 0.307 e. The first-order valence-corrected chi connectivity index (χ1v) is 3.73. The number of aliphatic carboxylic acids is 1. The van der Waals surface area contributed by atoms with Gasteiger partial charge in [-0.15, -0.1) is 0 Å². The molecule has 0 atom stereocenters. The van der Waals surface area contributed by atoms with Gasteiger partial charge in [0.25, 0.3) is 0 Å². The second-order valence-electron chi connectivity index (χ2n) is 2.66. The zero-order valence-corrected chi connectivity index (χ0v) is 7.03. The Bertz CT molecular complexity index is 387.